The lowest BCUT2D eigenvalue weighted by Crippen LogP contribution is -2.23. The Balaban J connectivity index is 3.10. The monoisotopic (exact) mass is 256 g/mol. The summed E-state index contributed by atoms with van der Waals surface area (Å²) in [5, 5.41) is 13.2. The summed E-state index contributed by atoms with van der Waals surface area (Å²) in [6, 6.07) is 0. The maximum Gasteiger partial charge on any atom is 0.219 e. The van der Waals surface area contributed by atoms with Gasteiger partial charge in [-0.25, -0.2) is 5.11 Å². The van der Waals surface area contributed by atoms with Crippen LogP contribution in [0.5, 0.6) is 0 Å². The highest BCUT2D eigenvalue weighted by Crippen LogP contribution is 2.08. The number of amides is 1. The number of hydrogen-bond donors (Lipinski definition) is 1. The summed E-state index contributed by atoms with van der Waals surface area (Å²) in [7, 11) is 0. The molecule has 1 N–H and O–H groups in total. The standard InChI is InChI=1S/C15H30NO2/c1-2-3-10-13-16-15(18)12-9-7-5-4-6-8-11-14-17/h2-14H2,1H3,(H,16,18). The fourth-order valence-electron chi connectivity index (χ4n) is 1.96. The van der Waals surface area contributed by atoms with Crippen LogP contribution in [0.2, 0.25) is 0 Å². The molecule has 0 aromatic heterocycles. The normalized spacial score (nSPS) is 10.6. The van der Waals surface area contributed by atoms with Crippen molar-refractivity contribution in [2.24, 2.45) is 0 Å². The molecule has 0 saturated heterocycles. The first-order valence-corrected chi connectivity index (χ1v) is 7.66. The molecule has 0 aliphatic carbocycles. The molecular formula is C15H30NO2. The van der Waals surface area contributed by atoms with Crippen molar-refractivity contribution in [2.45, 2.75) is 77.6 Å². The van der Waals surface area contributed by atoms with E-state index in [1.54, 1.807) is 0 Å². The maximum absolute atomic E-state index is 11.4. The topological polar surface area (TPSA) is 49.0 Å². The SMILES string of the molecule is CCCCCNC(=O)CCCCCCCCC[O]. The molecule has 0 bridgehead atoms. The van der Waals surface area contributed by atoms with Crippen LogP contribution in [0.4, 0.5) is 0 Å². The van der Waals surface area contributed by atoms with Crippen molar-refractivity contribution in [3.63, 3.8) is 0 Å². The predicted molar refractivity (Wildman–Crippen MR) is 75.0 cm³/mol. The summed E-state index contributed by atoms with van der Waals surface area (Å²) < 4.78 is 0. The van der Waals surface area contributed by atoms with E-state index in [0.29, 0.717) is 6.42 Å². The Morgan fingerprint density at radius 2 is 1.44 bits per heavy atom. The molecule has 1 radical (unpaired) electrons. The van der Waals surface area contributed by atoms with Crippen molar-refractivity contribution < 1.29 is 9.90 Å². The number of carbonyl (C=O) groups excluding carboxylic acids is 1. The van der Waals surface area contributed by atoms with E-state index < -0.39 is 0 Å². The van der Waals surface area contributed by atoms with E-state index in [-0.39, 0.29) is 12.5 Å². The molecule has 0 aliphatic rings. The van der Waals surface area contributed by atoms with Gasteiger partial charge in [0.05, 0.1) is 6.61 Å². The van der Waals surface area contributed by atoms with E-state index in [1.165, 1.54) is 32.1 Å². The molecule has 3 heteroatoms. The average Bonchev–Trinajstić information content (AvgIpc) is 2.38. The largest absolute Gasteiger partial charge is 0.356 e. The predicted octanol–water partition coefficient (Wildman–Crippen LogP) is 3.84. The Labute approximate surface area is 112 Å². The summed E-state index contributed by atoms with van der Waals surface area (Å²) >= 11 is 0. The molecule has 1 amide bonds. The van der Waals surface area contributed by atoms with E-state index >= 15 is 0 Å². The van der Waals surface area contributed by atoms with E-state index in [4.69, 9.17) is 0 Å². The molecule has 0 atom stereocenters. The zero-order chi connectivity index (χ0) is 13.5. The zero-order valence-corrected chi connectivity index (χ0v) is 12.0. The second kappa shape index (κ2) is 14.5. The van der Waals surface area contributed by atoms with E-state index in [0.717, 1.165) is 38.6 Å². The van der Waals surface area contributed by atoms with Crippen LogP contribution in [0, 0.1) is 0 Å². The molecule has 0 fully saturated rings. The van der Waals surface area contributed by atoms with Crippen LogP contribution in [0.25, 0.3) is 0 Å². The molecule has 0 aromatic carbocycles. The molecule has 0 rings (SSSR count). The van der Waals surface area contributed by atoms with Gasteiger partial charge in [0.2, 0.25) is 5.91 Å². The second-order valence-electron chi connectivity index (χ2n) is 4.99. The third-order valence-corrected chi connectivity index (χ3v) is 3.15. The number of unbranched alkanes of at least 4 members (excludes halogenated alkanes) is 8. The first kappa shape index (κ1) is 17.4. The average molecular weight is 256 g/mol. The van der Waals surface area contributed by atoms with Gasteiger partial charge in [0.1, 0.15) is 0 Å². The van der Waals surface area contributed by atoms with Crippen LogP contribution >= 0.6 is 0 Å². The minimum absolute atomic E-state index is 0.0677. The highest BCUT2D eigenvalue weighted by Gasteiger charge is 2.00. The molecule has 0 saturated carbocycles. The lowest BCUT2D eigenvalue weighted by Gasteiger charge is -2.04. The van der Waals surface area contributed by atoms with Gasteiger partial charge in [0.25, 0.3) is 0 Å². The third kappa shape index (κ3) is 13.5. The lowest BCUT2D eigenvalue weighted by molar-refractivity contribution is -0.121. The number of carbonyl (C=O) groups is 1. The number of nitrogens with one attached hydrogen (secondary N) is 1. The van der Waals surface area contributed by atoms with Gasteiger partial charge in [-0.1, -0.05) is 51.9 Å². The summed E-state index contributed by atoms with van der Waals surface area (Å²) in [5.41, 5.74) is 0. The molecule has 0 spiro atoms. The van der Waals surface area contributed by atoms with Gasteiger partial charge >= 0.3 is 0 Å². The zero-order valence-electron chi connectivity index (χ0n) is 12.0. The maximum atomic E-state index is 11.4. The van der Waals surface area contributed by atoms with Crippen molar-refractivity contribution >= 4 is 5.91 Å². The van der Waals surface area contributed by atoms with E-state index in [9.17, 15) is 9.90 Å². The van der Waals surface area contributed by atoms with Crippen LogP contribution in [0.3, 0.4) is 0 Å². The molecule has 0 heterocycles. The Morgan fingerprint density at radius 3 is 2.06 bits per heavy atom. The Hall–Kier alpha value is -0.570. The molecule has 0 aliphatic heterocycles. The Morgan fingerprint density at radius 1 is 0.833 bits per heavy atom. The summed E-state index contributed by atoms with van der Waals surface area (Å²) in [6.07, 6.45) is 11.8. The van der Waals surface area contributed by atoms with Crippen LogP contribution in [-0.4, -0.2) is 19.1 Å². The van der Waals surface area contributed by atoms with E-state index in [1.807, 2.05) is 0 Å². The second-order valence-corrected chi connectivity index (χ2v) is 4.99. The van der Waals surface area contributed by atoms with Crippen LogP contribution in [0.15, 0.2) is 0 Å². The van der Waals surface area contributed by atoms with E-state index in [2.05, 4.69) is 12.2 Å². The van der Waals surface area contributed by atoms with Crippen molar-refractivity contribution in [2.75, 3.05) is 13.2 Å². The van der Waals surface area contributed by atoms with Gasteiger partial charge < -0.3 is 5.32 Å². The Kier molecular flexibility index (Phi) is 14.0. The van der Waals surface area contributed by atoms with Gasteiger partial charge in [0, 0.05) is 13.0 Å². The van der Waals surface area contributed by atoms with Crippen molar-refractivity contribution in [3.05, 3.63) is 0 Å². The summed E-state index contributed by atoms with van der Waals surface area (Å²) in [4.78, 5) is 11.4. The number of rotatable bonds is 13. The number of hydrogen-bond acceptors (Lipinski definition) is 1. The molecule has 3 nitrogen and oxygen atoms in total. The molecule has 0 unspecified atom stereocenters. The first-order valence-electron chi connectivity index (χ1n) is 7.66. The van der Waals surface area contributed by atoms with Gasteiger partial charge in [0.15, 0.2) is 0 Å². The highest BCUT2D eigenvalue weighted by atomic mass is 16.2. The van der Waals surface area contributed by atoms with Crippen molar-refractivity contribution in [3.8, 4) is 0 Å². The quantitative estimate of drug-likeness (QED) is 0.500. The summed E-state index contributed by atoms with van der Waals surface area (Å²) in [6.45, 7) is 3.07. The minimum Gasteiger partial charge on any atom is -0.356 e. The lowest BCUT2D eigenvalue weighted by atomic mass is 10.1. The fourth-order valence-corrected chi connectivity index (χ4v) is 1.96. The van der Waals surface area contributed by atoms with Crippen LogP contribution in [0.1, 0.15) is 77.6 Å². The molecular weight excluding hydrogens is 226 g/mol. The Bertz CT molecular complexity index is 183. The smallest absolute Gasteiger partial charge is 0.219 e. The van der Waals surface area contributed by atoms with Gasteiger partial charge in [-0.05, 0) is 19.3 Å². The fraction of sp³-hybridized carbons (Fsp3) is 0.933. The molecule has 0 aromatic rings. The van der Waals surface area contributed by atoms with Crippen molar-refractivity contribution in [1.29, 1.82) is 0 Å². The van der Waals surface area contributed by atoms with Crippen LogP contribution in [-0.2, 0) is 9.90 Å². The molecule has 107 valence electrons. The van der Waals surface area contributed by atoms with Crippen LogP contribution < -0.4 is 5.32 Å². The third-order valence-electron chi connectivity index (χ3n) is 3.15. The van der Waals surface area contributed by atoms with Crippen molar-refractivity contribution in [1.82, 2.24) is 5.32 Å². The molecule has 18 heavy (non-hydrogen) atoms. The van der Waals surface area contributed by atoms with Gasteiger partial charge in [-0.3, -0.25) is 4.79 Å². The summed E-state index contributed by atoms with van der Waals surface area (Å²) in [5.74, 6) is 0.206. The van der Waals surface area contributed by atoms with Gasteiger partial charge in [-0.15, -0.1) is 0 Å². The highest BCUT2D eigenvalue weighted by molar-refractivity contribution is 5.75. The van der Waals surface area contributed by atoms with Gasteiger partial charge in [-0.2, -0.15) is 0 Å². The minimum atomic E-state index is 0.0677. The first-order chi connectivity index (χ1) is 8.81.